The number of carbonyl (C=O) groups is 1. The SMILES string of the molecule is CCC(C)NC(=O)CS(=O)(=O)Cc1cc(Cl)c2c(c1)OCCCO2. The van der Waals surface area contributed by atoms with Crippen molar-refractivity contribution in [1.29, 1.82) is 0 Å². The number of fused-ring (bicyclic) bond motifs is 1. The average Bonchev–Trinajstić information content (AvgIpc) is 2.71. The van der Waals surface area contributed by atoms with E-state index in [1.165, 1.54) is 0 Å². The van der Waals surface area contributed by atoms with Crippen LogP contribution >= 0.6 is 11.6 Å². The summed E-state index contributed by atoms with van der Waals surface area (Å²) in [6, 6.07) is 3.09. The molecule has 1 aromatic rings. The second-order valence-electron chi connectivity index (χ2n) is 5.86. The van der Waals surface area contributed by atoms with Crippen molar-refractivity contribution in [3.8, 4) is 11.5 Å². The summed E-state index contributed by atoms with van der Waals surface area (Å²) in [6.07, 6.45) is 1.47. The molecule has 0 aliphatic carbocycles. The topological polar surface area (TPSA) is 81.7 Å². The van der Waals surface area contributed by atoms with Crippen LogP contribution in [0, 0.1) is 0 Å². The Kier molecular flexibility index (Phi) is 6.34. The Balaban J connectivity index is 2.11. The molecule has 0 aromatic heterocycles. The number of sulfone groups is 1. The van der Waals surface area contributed by atoms with Crippen LogP contribution in [0.3, 0.4) is 0 Å². The number of rotatable bonds is 6. The molecule has 0 saturated carbocycles. The number of nitrogens with one attached hydrogen (secondary N) is 1. The first-order chi connectivity index (χ1) is 11.3. The lowest BCUT2D eigenvalue weighted by molar-refractivity contribution is -0.119. The van der Waals surface area contributed by atoms with Gasteiger partial charge in [0.25, 0.3) is 0 Å². The Bertz CT molecular complexity index is 705. The van der Waals surface area contributed by atoms with Gasteiger partial charge in [-0.3, -0.25) is 4.79 Å². The van der Waals surface area contributed by atoms with Crippen LogP contribution in [0.5, 0.6) is 11.5 Å². The third kappa shape index (κ3) is 5.27. The summed E-state index contributed by atoms with van der Waals surface area (Å²) in [4.78, 5) is 11.8. The van der Waals surface area contributed by atoms with Gasteiger partial charge in [0.1, 0.15) is 5.75 Å². The Morgan fingerprint density at radius 1 is 1.33 bits per heavy atom. The minimum Gasteiger partial charge on any atom is -0.489 e. The largest absolute Gasteiger partial charge is 0.489 e. The van der Waals surface area contributed by atoms with E-state index in [9.17, 15) is 13.2 Å². The highest BCUT2D eigenvalue weighted by atomic mass is 35.5. The second kappa shape index (κ2) is 8.07. The molecule has 1 aromatic carbocycles. The number of halogens is 1. The Morgan fingerprint density at radius 2 is 2.04 bits per heavy atom. The summed E-state index contributed by atoms with van der Waals surface area (Å²) in [5.74, 6) is -0.454. The van der Waals surface area contributed by atoms with Gasteiger partial charge in [-0.25, -0.2) is 8.42 Å². The summed E-state index contributed by atoms with van der Waals surface area (Å²) >= 11 is 6.16. The van der Waals surface area contributed by atoms with Crippen molar-refractivity contribution >= 4 is 27.3 Å². The lowest BCUT2D eigenvalue weighted by Gasteiger charge is -2.13. The number of carbonyl (C=O) groups excluding carboxylic acids is 1. The number of amides is 1. The van der Waals surface area contributed by atoms with E-state index in [2.05, 4.69) is 5.32 Å². The summed E-state index contributed by atoms with van der Waals surface area (Å²) in [7, 11) is -3.61. The quantitative estimate of drug-likeness (QED) is 0.825. The molecule has 0 radical (unpaired) electrons. The van der Waals surface area contributed by atoms with Crippen molar-refractivity contribution in [3.05, 3.63) is 22.7 Å². The first kappa shape index (κ1) is 18.9. The molecule has 1 atom stereocenters. The molecule has 1 unspecified atom stereocenters. The van der Waals surface area contributed by atoms with E-state index in [1.54, 1.807) is 12.1 Å². The molecule has 1 heterocycles. The van der Waals surface area contributed by atoms with Crippen molar-refractivity contribution < 1.29 is 22.7 Å². The van der Waals surface area contributed by atoms with Crippen LogP contribution in [0.15, 0.2) is 12.1 Å². The minimum absolute atomic E-state index is 0.0554. The van der Waals surface area contributed by atoms with Crippen LogP contribution < -0.4 is 14.8 Å². The monoisotopic (exact) mass is 375 g/mol. The van der Waals surface area contributed by atoms with Gasteiger partial charge in [-0.1, -0.05) is 18.5 Å². The van der Waals surface area contributed by atoms with Gasteiger partial charge in [0, 0.05) is 12.5 Å². The fourth-order valence-electron chi connectivity index (χ4n) is 2.29. The molecule has 1 amide bonds. The van der Waals surface area contributed by atoms with Crippen LogP contribution in [-0.2, 0) is 20.4 Å². The highest BCUT2D eigenvalue weighted by molar-refractivity contribution is 7.91. The normalized spacial score (nSPS) is 15.5. The number of ether oxygens (including phenoxy) is 2. The van der Waals surface area contributed by atoms with Crippen molar-refractivity contribution in [2.45, 2.75) is 38.5 Å². The average molecular weight is 376 g/mol. The third-order valence-electron chi connectivity index (χ3n) is 3.62. The van der Waals surface area contributed by atoms with E-state index in [0.29, 0.717) is 35.3 Å². The Hall–Kier alpha value is -1.47. The van der Waals surface area contributed by atoms with Crippen LogP contribution in [0.2, 0.25) is 5.02 Å². The van der Waals surface area contributed by atoms with Gasteiger partial charge >= 0.3 is 0 Å². The van der Waals surface area contributed by atoms with E-state index in [4.69, 9.17) is 21.1 Å². The van der Waals surface area contributed by atoms with Gasteiger partial charge < -0.3 is 14.8 Å². The molecule has 0 fully saturated rings. The molecule has 1 aliphatic rings. The molecule has 0 bridgehead atoms. The molecule has 0 spiro atoms. The van der Waals surface area contributed by atoms with Gasteiger partial charge in [-0.2, -0.15) is 0 Å². The first-order valence-corrected chi connectivity index (χ1v) is 10.1. The summed E-state index contributed by atoms with van der Waals surface area (Å²) < 4.78 is 35.6. The van der Waals surface area contributed by atoms with Crippen molar-refractivity contribution in [3.63, 3.8) is 0 Å². The van der Waals surface area contributed by atoms with Crippen molar-refractivity contribution in [2.24, 2.45) is 0 Å². The molecular formula is C16H22ClNO5S. The van der Waals surface area contributed by atoms with Crippen molar-refractivity contribution in [1.82, 2.24) is 5.32 Å². The highest BCUT2D eigenvalue weighted by Crippen LogP contribution is 2.38. The predicted molar refractivity (Wildman–Crippen MR) is 92.4 cm³/mol. The molecule has 1 N–H and O–H groups in total. The van der Waals surface area contributed by atoms with Gasteiger partial charge in [0.2, 0.25) is 5.91 Å². The lowest BCUT2D eigenvalue weighted by atomic mass is 10.2. The number of hydrogen-bond acceptors (Lipinski definition) is 5. The van der Waals surface area contributed by atoms with Gasteiger partial charge in [0.15, 0.2) is 21.3 Å². The van der Waals surface area contributed by atoms with E-state index in [1.807, 2.05) is 13.8 Å². The smallest absolute Gasteiger partial charge is 0.235 e. The van der Waals surface area contributed by atoms with Crippen LogP contribution in [0.25, 0.3) is 0 Å². The molecule has 1 aliphatic heterocycles. The zero-order valence-electron chi connectivity index (χ0n) is 13.8. The fourth-order valence-corrected chi connectivity index (χ4v) is 3.84. The van der Waals surface area contributed by atoms with Crippen molar-refractivity contribution in [2.75, 3.05) is 19.0 Å². The van der Waals surface area contributed by atoms with Crippen LogP contribution in [0.1, 0.15) is 32.3 Å². The summed E-state index contributed by atoms with van der Waals surface area (Å²) in [6.45, 7) is 4.73. The highest BCUT2D eigenvalue weighted by Gasteiger charge is 2.21. The molecule has 8 heteroatoms. The Labute approximate surface area is 147 Å². The van der Waals surface area contributed by atoms with Gasteiger partial charge in [0.05, 0.1) is 24.0 Å². The molecule has 2 rings (SSSR count). The predicted octanol–water partition coefficient (Wildman–Crippen LogP) is 2.33. The molecule has 0 saturated heterocycles. The Morgan fingerprint density at radius 3 is 2.75 bits per heavy atom. The summed E-state index contributed by atoms with van der Waals surface area (Å²) in [5.41, 5.74) is 0.473. The minimum atomic E-state index is -3.61. The summed E-state index contributed by atoms with van der Waals surface area (Å²) in [5, 5.41) is 2.96. The molecular weight excluding hydrogens is 354 g/mol. The van der Waals surface area contributed by atoms with Crippen LogP contribution in [0.4, 0.5) is 0 Å². The standard InChI is InChI=1S/C16H22ClNO5S/c1-3-11(2)18-15(19)10-24(20,21)9-12-7-13(17)16-14(8-12)22-5-4-6-23-16/h7-8,11H,3-6,9-10H2,1-2H3,(H,18,19). The third-order valence-corrected chi connectivity index (χ3v) is 5.38. The fraction of sp³-hybridized carbons (Fsp3) is 0.562. The maximum absolute atomic E-state index is 12.3. The molecule has 24 heavy (non-hydrogen) atoms. The van der Waals surface area contributed by atoms with E-state index >= 15 is 0 Å². The first-order valence-electron chi connectivity index (χ1n) is 7.88. The van der Waals surface area contributed by atoms with E-state index in [0.717, 1.165) is 12.8 Å². The molecule has 6 nitrogen and oxygen atoms in total. The lowest BCUT2D eigenvalue weighted by Crippen LogP contribution is -2.36. The van der Waals surface area contributed by atoms with Gasteiger partial charge in [-0.05, 0) is 31.0 Å². The maximum Gasteiger partial charge on any atom is 0.235 e. The number of hydrogen-bond donors (Lipinski definition) is 1. The van der Waals surface area contributed by atoms with E-state index in [-0.39, 0.29) is 11.8 Å². The second-order valence-corrected chi connectivity index (χ2v) is 8.34. The zero-order chi connectivity index (χ0) is 17.7. The number of benzene rings is 1. The van der Waals surface area contributed by atoms with E-state index < -0.39 is 21.5 Å². The maximum atomic E-state index is 12.3. The van der Waals surface area contributed by atoms with Gasteiger partial charge in [-0.15, -0.1) is 0 Å². The molecule has 134 valence electrons. The zero-order valence-corrected chi connectivity index (χ0v) is 15.4. The van der Waals surface area contributed by atoms with Crippen LogP contribution in [-0.4, -0.2) is 39.3 Å².